The predicted octanol–water partition coefficient (Wildman–Crippen LogP) is 2.28. The molecule has 0 aromatic heterocycles. The first-order valence-electron chi connectivity index (χ1n) is 12.2. The van der Waals surface area contributed by atoms with Crippen LogP contribution in [0.25, 0.3) is 0 Å². The van der Waals surface area contributed by atoms with Crippen molar-refractivity contribution in [1.82, 2.24) is 16.0 Å². The fraction of sp³-hybridized carbons (Fsp3) is 0.750. The minimum Gasteiger partial charge on any atom is -0.462 e. The zero-order valence-corrected chi connectivity index (χ0v) is 24.1. The van der Waals surface area contributed by atoms with Crippen LogP contribution in [-0.4, -0.2) is 82.6 Å². The molecule has 1 rings (SSSR count). The van der Waals surface area contributed by atoms with Gasteiger partial charge in [-0.25, -0.2) is 0 Å². The SMILES string of the molecule is C=CCCSSC[C@H]1NC(=O)[C@@H](CCSC)NC(=O)C[C@@H](C)OC(=O)C[C@H](O)[C@@H](C(C)CC)NC1=O. The molecule has 0 radical (unpaired) electrons. The predicted molar refractivity (Wildman–Crippen MR) is 149 cm³/mol. The van der Waals surface area contributed by atoms with Crippen molar-refractivity contribution in [1.29, 1.82) is 0 Å². The van der Waals surface area contributed by atoms with Gasteiger partial charge in [-0.2, -0.15) is 11.8 Å². The van der Waals surface area contributed by atoms with Crippen molar-refractivity contribution in [2.45, 2.75) is 83.2 Å². The Morgan fingerprint density at radius 2 is 1.78 bits per heavy atom. The van der Waals surface area contributed by atoms with Gasteiger partial charge in [0.15, 0.2) is 0 Å². The van der Waals surface area contributed by atoms with Crippen LogP contribution in [0.4, 0.5) is 0 Å². The van der Waals surface area contributed by atoms with E-state index in [9.17, 15) is 24.3 Å². The summed E-state index contributed by atoms with van der Waals surface area (Å²) in [6, 6.07) is -2.43. The van der Waals surface area contributed by atoms with Gasteiger partial charge in [0.2, 0.25) is 17.7 Å². The minimum atomic E-state index is -1.18. The van der Waals surface area contributed by atoms with Crippen molar-refractivity contribution >= 4 is 57.0 Å². The monoisotopic (exact) mass is 563 g/mol. The first-order chi connectivity index (χ1) is 17.1. The molecule has 1 unspecified atom stereocenters. The summed E-state index contributed by atoms with van der Waals surface area (Å²) in [6.07, 6.45) is 3.24. The summed E-state index contributed by atoms with van der Waals surface area (Å²) in [5.74, 6) is -0.367. The molecule has 0 spiro atoms. The molecular formula is C24H41N3O6S3. The molecule has 0 bridgehead atoms. The third-order valence-corrected chi connectivity index (χ3v) is 8.87. The highest BCUT2D eigenvalue weighted by atomic mass is 33.1. The second kappa shape index (κ2) is 18.0. The van der Waals surface area contributed by atoms with Gasteiger partial charge in [0.1, 0.15) is 18.2 Å². The quantitative estimate of drug-likeness (QED) is 0.129. The molecule has 4 N–H and O–H groups in total. The molecular weight excluding hydrogens is 522 g/mol. The summed E-state index contributed by atoms with van der Waals surface area (Å²) in [5, 5.41) is 19.2. The van der Waals surface area contributed by atoms with E-state index in [-0.39, 0.29) is 18.8 Å². The Morgan fingerprint density at radius 1 is 1.08 bits per heavy atom. The van der Waals surface area contributed by atoms with Gasteiger partial charge in [-0.05, 0) is 37.7 Å². The first kappa shape index (κ1) is 32.7. The van der Waals surface area contributed by atoms with E-state index in [1.165, 1.54) is 10.8 Å². The van der Waals surface area contributed by atoms with Crippen molar-refractivity contribution in [3.8, 4) is 0 Å². The van der Waals surface area contributed by atoms with Gasteiger partial charge < -0.3 is 25.8 Å². The maximum absolute atomic E-state index is 13.3. The van der Waals surface area contributed by atoms with Crippen LogP contribution in [0.1, 0.15) is 52.9 Å². The van der Waals surface area contributed by atoms with E-state index in [0.29, 0.717) is 24.3 Å². The molecule has 1 fully saturated rings. The zero-order valence-electron chi connectivity index (χ0n) is 21.6. The van der Waals surface area contributed by atoms with Crippen LogP contribution in [0.3, 0.4) is 0 Å². The van der Waals surface area contributed by atoms with Gasteiger partial charge in [-0.15, -0.1) is 6.58 Å². The van der Waals surface area contributed by atoms with E-state index in [4.69, 9.17) is 4.74 Å². The zero-order chi connectivity index (χ0) is 27.1. The van der Waals surface area contributed by atoms with Crippen LogP contribution in [0.2, 0.25) is 0 Å². The van der Waals surface area contributed by atoms with Crippen molar-refractivity contribution in [3.05, 3.63) is 12.7 Å². The summed E-state index contributed by atoms with van der Waals surface area (Å²) >= 11 is 1.54. The van der Waals surface area contributed by atoms with E-state index >= 15 is 0 Å². The molecule has 206 valence electrons. The highest BCUT2D eigenvalue weighted by molar-refractivity contribution is 8.76. The lowest BCUT2D eigenvalue weighted by molar-refractivity contribution is -0.152. The van der Waals surface area contributed by atoms with Crippen LogP contribution in [0, 0.1) is 5.92 Å². The van der Waals surface area contributed by atoms with E-state index in [1.807, 2.05) is 26.2 Å². The normalized spacial score (nSPS) is 27.5. The van der Waals surface area contributed by atoms with Gasteiger partial charge in [0.25, 0.3) is 0 Å². The molecule has 1 heterocycles. The standard InChI is InChI=1S/C24H41N3O6S3/c1-6-8-10-35-36-14-18-24(32)27-22(15(3)7-2)19(28)13-21(30)33-16(4)12-20(29)25-17(9-11-34-5)23(31)26-18/h6,15-19,22,28H,1,7-14H2,2-5H3,(H,25,29)(H,26,31)(H,27,32)/t15?,16-,17-,18-,19+,22-/m1/s1. The Labute approximate surface area is 226 Å². The third-order valence-electron chi connectivity index (χ3n) is 5.78. The Hall–Kier alpha value is -1.37. The molecule has 6 atom stereocenters. The topological polar surface area (TPSA) is 134 Å². The van der Waals surface area contributed by atoms with Gasteiger partial charge in [0, 0.05) is 11.5 Å². The molecule has 0 saturated carbocycles. The van der Waals surface area contributed by atoms with E-state index in [0.717, 1.165) is 12.2 Å². The lowest BCUT2D eigenvalue weighted by atomic mass is 9.92. The largest absolute Gasteiger partial charge is 0.462 e. The fourth-order valence-electron chi connectivity index (χ4n) is 3.53. The maximum atomic E-state index is 13.3. The summed E-state index contributed by atoms with van der Waals surface area (Å²) < 4.78 is 5.32. The highest BCUT2D eigenvalue weighted by Crippen LogP contribution is 2.23. The Balaban J connectivity index is 3.23. The number of ether oxygens (including phenoxy) is 1. The van der Waals surface area contributed by atoms with Gasteiger partial charge in [0.05, 0.1) is 25.0 Å². The average molecular weight is 564 g/mol. The molecule has 0 aliphatic carbocycles. The van der Waals surface area contributed by atoms with Crippen LogP contribution >= 0.6 is 33.3 Å². The van der Waals surface area contributed by atoms with Gasteiger partial charge in [-0.3, -0.25) is 19.2 Å². The number of esters is 1. The number of hydrogen-bond donors (Lipinski definition) is 4. The Bertz CT molecular complexity index is 742. The molecule has 0 aromatic carbocycles. The van der Waals surface area contributed by atoms with E-state index in [2.05, 4.69) is 22.5 Å². The average Bonchev–Trinajstić information content (AvgIpc) is 2.82. The number of carbonyl (C=O) groups is 4. The number of cyclic esters (lactones) is 1. The number of rotatable bonds is 11. The van der Waals surface area contributed by atoms with Crippen LogP contribution < -0.4 is 16.0 Å². The molecule has 1 saturated heterocycles. The summed E-state index contributed by atoms with van der Waals surface area (Å²) in [4.78, 5) is 51.5. The molecule has 1 aliphatic rings. The number of hydrogen-bond acceptors (Lipinski definition) is 9. The molecule has 9 nitrogen and oxygen atoms in total. The maximum Gasteiger partial charge on any atom is 0.308 e. The van der Waals surface area contributed by atoms with Crippen LogP contribution in [0.5, 0.6) is 0 Å². The van der Waals surface area contributed by atoms with Crippen LogP contribution in [0.15, 0.2) is 12.7 Å². The number of aliphatic hydroxyl groups is 1. The van der Waals surface area contributed by atoms with E-state index in [1.54, 1.807) is 29.5 Å². The highest BCUT2D eigenvalue weighted by Gasteiger charge is 2.33. The summed E-state index contributed by atoms with van der Waals surface area (Å²) in [5.41, 5.74) is 0. The first-order valence-corrected chi connectivity index (χ1v) is 16.1. The second-order valence-corrected chi connectivity index (χ2v) is 12.5. The third kappa shape index (κ3) is 12.2. The fourth-order valence-corrected chi connectivity index (χ4v) is 6.19. The molecule has 0 aromatic rings. The van der Waals surface area contributed by atoms with Gasteiger partial charge in [-0.1, -0.05) is 47.9 Å². The number of thioether (sulfide) groups is 1. The Kier molecular flexibility index (Phi) is 16.3. The molecule has 12 heteroatoms. The van der Waals surface area contributed by atoms with Crippen molar-refractivity contribution in [3.63, 3.8) is 0 Å². The smallest absolute Gasteiger partial charge is 0.308 e. The minimum absolute atomic E-state index is 0.115. The Morgan fingerprint density at radius 3 is 2.42 bits per heavy atom. The molecule has 36 heavy (non-hydrogen) atoms. The lowest BCUT2D eigenvalue weighted by Crippen LogP contribution is -2.58. The van der Waals surface area contributed by atoms with Gasteiger partial charge >= 0.3 is 5.97 Å². The van der Waals surface area contributed by atoms with Crippen LogP contribution in [-0.2, 0) is 23.9 Å². The molecule has 3 amide bonds. The van der Waals surface area contributed by atoms with Crippen molar-refractivity contribution in [2.75, 3.05) is 23.5 Å². The number of aliphatic hydroxyl groups excluding tert-OH is 1. The number of nitrogens with one attached hydrogen (secondary N) is 3. The van der Waals surface area contributed by atoms with Crippen molar-refractivity contribution in [2.24, 2.45) is 5.92 Å². The number of allylic oxidation sites excluding steroid dienone is 1. The summed E-state index contributed by atoms with van der Waals surface area (Å²) in [6.45, 7) is 9.10. The van der Waals surface area contributed by atoms with Crippen molar-refractivity contribution < 1.29 is 29.0 Å². The second-order valence-electron chi connectivity index (χ2n) is 8.84. The number of amides is 3. The summed E-state index contributed by atoms with van der Waals surface area (Å²) in [7, 11) is 3.03. The lowest BCUT2D eigenvalue weighted by Gasteiger charge is -2.31. The van der Waals surface area contributed by atoms with E-state index < -0.39 is 54.0 Å². The number of carbonyl (C=O) groups excluding carboxylic acids is 4. The molecule has 1 aliphatic heterocycles.